The third-order valence-corrected chi connectivity index (χ3v) is 5.71. The van der Waals surface area contributed by atoms with Crippen molar-refractivity contribution in [1.82, 2.24) is 16.0 Å². The van der Waals surface area contributed by atoms with Gasteiger partial charge in [-0.25, -0.2) is 4.79 Å². The molecule has 8 nitrogen and oxygen atoms in total. The molecule has 1 aromatic carbocycles. The first kappa shape index (κ1) is 29.3. The Morgan fingerprint density at radius 2 is 1.41 bits per heavy atom. The number of amides is 3. The molecular weight excluding hydrogens is 452 g/mol. The molecule has 1 rings (SSSR count). The molecule has 3 N–H and O–H groups in total. The molecule has 0 aliphatic carbocycles. The van der Waals surface area contributed by atoms with Crippen LogP contribution in [0.5, 0.6) is 0 Å². The highest BCUT2D eigenvalue weighted by Gasteiger charge is 2.29. The first-order valence-electron chi connectivity index (χ1n) is 11.6. The minimum absolute atomic E-state index is 0.0874. The quantitative estimate of drug-likeness (QED) is 0.360. The van der Waals surface area contributed by atoms with Crippen molar-refractivity contribution in [3.05, 3.63) is 35.9 Å². The molecule has 9 heteroatoms. The van der Waals surface area contributed by atoms with Crippen molar-refractivity contribution < 1.29 is 19.1 Å². The summed E-state index contributed by atoms with van der Waals surface area (Å²) in [6, 6.07) is 9.64. The zero-order valence-electron chi connectivity index (χ0n) is 21.0. The molecule has 0 fully saturated rings. The Morgan fingerprint density at radius 1 is 0.882 bits per heavy atom. The van der Waals surface area contributed by atoms with Gasteiger partial charge in [0, 0.05) is 5.25 Å². The van der Waals surface area contributed by atoms with Gasteiger partial charge in [-0.05, 0) is 30.2 Å². The predicted molar refractivity (Wildman–Crippen MR) is 135 cm³/mol. The highest BCUT2D eigenvalue weighted by molar-refractivity contribution is 8.00. The number of nitriles is 1. The van der Waals surface area contributed by atoms with Crippen LogP contribution in [0.4, 0.5) is 4.79 Å². The number of carbonyl (C=O) groups excluding carboxylic acids is 3. The van der Waals surface area contributed by atoms with E-state index in [1.807, 2.05) is 71.9 Å². The molecule has 0 radical (unpaired) electrons. The normalized spacial score (nSPS) is 13.6. The van der Waals surface area contributed by atoms with E-state index in [0.717, 1.165) is 5.56 Å². The maximum Gasteiger partial charge on any atom is 0.408 e. The molecule has 3 unspecified atom stereocenters. The topological polar surface area (TPSA) is 120 Å². The Hall–Kier alpha value is -2.73. The number of carbonyl (C=O) groups is 3. The standard InChI is InChI=1S/C25H38N4O4S/c1-16(2)12-20(24(31)29-22(14-26)34-18(5)6)27-23(30)21(13-17(3)4)28-25(32)33-15-19-10-8-7-9-11-19/h7-11,16-18,20-22H,12-13,15H2,1-6H3,(H,27,30)(H,28,32)(H,29,31). The van der Waals surface area contributed by atoms with Gasteiger partial charge in [-0.15, -0.1) is 11.8 Å². The van der Waals surface area contributed by atoms with E-state index in [9.17, 15) is 19.6 Å². The van der Waals surface area contributed by atoms with Crippen LogP contribution in [0.2, 0.25) is 0 Å². The van der Waals surface area contributed by atoms with E-state index in [1.54, 1.807) is 0 Å². The minimum atomic E-state index is -0.859. The fourth-order valence-corrected chi connectivity index (χ4v) is 3.97. The Labute approximate surface area is 207 Å². The van der Waals surface area contributed by atoms with Crippen LogP contribution in [0.15, 0.2) is 30.3 Å². The smallest absolute Gasteiger partial charge is 0.408 e. The van der Waals surface area contributed by atoms with Crippen LogP contribution in [0.25, 0.3) is 0 Å². The summed E-state index contributed by atoms with van der Waals surface area (Å²) < 4.78 is 5.26. The number of benzene rings is 1. The first-order valence-corrected chi connectivity index (χ1v) is 12.6. The number of rotatable bonds is 13. The summed E-state index contributed by atoms with van der Waals surface area (Å²) >= 11 is 1.33. The predicted octanol–water partition coefficient (Wildman–Crippen LogP) is 3.97. The van der Waals surface area contributed by atoms with Gasteiger partial charge in [-0.1, -0.05) is 71.9 Å². The van der Waals surface area contributed by atoms with Gasteiger partial charge >= 0.3 is 6.09 Å². The van der Waals surface area contributed by atoms with Crippen molar-refractivity contribution in [1.29, 1.82) is 5.26 Å². The lowest BCUT2D eigenvalue weighted by Gasteiger charge is -2.25. The molecular formula is C25H38N4O4S. The molecule has 0 aliphatic rings. The zero-order chi connectivity index (χ0) is 25.7. The van der Waals surface area contributed by atoms with Crippen molar-refractivity contribution in [3.63, 3.8) is 0 Å². The fourth-order valence-electron chi connectivity index (χ4n) is 3.18. The van der Waals surface area contributed by atoms with E-state index in [1.165, 1.54) is 11.8 Å². The lowest BCUT2D eigenvalue weighted by molar-refractivity contribution is -0.130. The number of ether oxygens (including phenoxy) is 1. The summed E-state index contributed by atoms with van der Waals surface area (Å²) in [4.78, 5) is 38.3. The second kappa shape index (κ2) is 15.2. The van der Waals surface area contributed by atoms with Gasteiger partial charge in [0.15, 0.2) is 5.37 Å². The Kier molecular flexibility index (Phi) is 13.1. The van der Waals surface area contributed by atoms with E-state index >= 15 is 0 Å². The molecule has 0 spiro atoms. The van der Waals surface area contributed by atoms with Crippen molar-refractivity contribution in [2.45, 2.75) is 83.7 Å². The highest BCUT2D eigenvalue weighted by atomic mass is 32.2. The average molecular weight is 491 g/mol. The highest BCUT2D eigenvalue weighted by Crippen LogP contribution is 2.15. The molecule has 1 aromatic rings. The van der Waals surface area contributed by atoms with Crippen LogP contribution in [0.1, 0.15) is 59.9 Å². The molecule has 3 amide bonds. The Balaban J connectivity index is 2.84. The molecule has 188 valence electrons. The third kappa shape index (κ3) is 11.9. The molecule has 0 heterocycles. The maximum atomic E-state index is 13.1. The summed E-state index contributed by atoms with van der Waals surface area (Å²) in [6.07, 6.45) is 0.0775. The SMILES string of the molecule is CC(C)CC(NC(=O)OCc1ccccc1)C(=O)NC(CC(C)C)C(=O)NC(C#N)SC(C)C. The van der Waals surface area contributed by atoms with Gasteiger partial charge in [0.25, 0.3) is 0 Å². The van der Waals surface area contributed by atoms with E-state index in [2.05, 4.69) is 22.0 Å². The monoisotopic (exact) mass is 490 g/mol. The molecule has 0 aliphatic heterocycles. The van der Waals surface area contributed by atoms with Crippen LogP contribution >= 0.6 is 11.8 Å². The lowest BCUT2D eigenvalue weighted by atomic mass is 10.00. The second-order valence-electron chi connectivity index (χ2n) is 9.28. The van der Waals surface area contributed by atoms with Gasteiger partial charge in [0.2, 0.25) is 11.8 Å². The van der Waals surface area contributed by atoms with Crippen LogP contribution in [-0.2, 0) is 20.9 Å². The fraction of sp³-hybridized carbons (Fsp3) is 0.600. The first-order chi connectivity index (χ1) is 16.0. The summed E-state index contributed by atoms with van der Waals surface area (Å²) in [5.41, 5.74) is 0.836. The lowest BCUT2D eigenvalue weighted by Crippen LogP contribution is -2.55. The number of nitrogens with zero attached hydrogens (tertiary/aromatic N) is 1. The van der Waals surface area contributed by atoms with Crippen LogP contribution in [-0.4, -0.2) is 40.6 Å². The van der Waals surface area contributed by atoms with E-state index < -0.39 is 35.4 Å². The number of thioether (sulfide) groups is 1. The van der Waals surface area contributed by atoms with Gasteiger partial charge in [0.05, 0.1) is 6.07 Å². The number of hydrogen-bond donors (Lipinski definition) is 3. The summed E-state index contributed by atoms with van der Waals surface area (Å²) in [5, 5.41) is 16.9. The minimum Gasteiger partial charge on any atom is -0.445 e. The average Bonchev–Trinajstić information content (AvgIpc) is 2.76. The van der Waals surface area contributed by atoms with Crippen molar-refractivity contribution >= 4 is 29.7 Å². The van der Waals surface area contributed by atoms with E-state index in [0.29, 0.717) is 12.8 Å². The van der Waals surface area contributed by atoms with Crippen LogP contribution in [0, 0.1) is 23.2 Å². The summed E-state index contributed by atoms with van der Waals surface area (Å²) in [7, 11) is 0. The van der Waals surface area contributed by atoms with Gasteiger partial charge in [0.1, 0.15) is 18.7 Å². The molecule has 0 bridgehead atoms. The number of hydrogen-bond acceptors (Lipinski definition) is 6. The van der Waals surface area contributed by atoms with Crippen LogP contribution < -0.4 is 16.0 Å². The van der Waals surface area contributed by atoms with Gasteiger partial charge < -0.3 is 20.7 Å². The Morgan fingerprint density at radius 3 is 1.91 bits per heavy atom. The molecule has 0 aromatic heterocycles. The molecule has 0 saturated heterocycles. The Bertz CT molecular complexity index is 824. The number of nitrogens with one attached hydrogen (secondary N) is 3. The van der Waals surface area contributed by atoms with Gasteiger partial charge in [-0.2, -0.15) is 5.26 Å². The molecule has 34 heavy (non-hydrogen) atoms. The van der Waals surface area contributed by atoms with Crippen molar-refractivity contribution in [2.24, 2.45) is 11.8 Å². The summed E-state index contributed by atoms with van der Waals surface area (Å²) in [5.74, 6) is -0.637. The second-order valence-corrected chi connectivity index (χ2v) is 11.0. The van der Waals surface area contributed by atoms with E-state index in [-0.39, 0.29) is 23.7 Å². The maximum absolute atomic E-state index is 13.1. The largest absolute Gasteiger partial charge is 0.445 e. The van der Waals surface area contributed by atoms with Crippen molar-refractivity contribution in [2.75, 3.05) is 0 Å². The molecule has 3 atom stereocenters. The van der Waals surface area contributed by atoms with Crippen molar-refractivity contribution in [3.8, 4) is 6.07 Å². The van der Waals surface area contributed by atoms with E-state index in [4.69, 9.17) is 4.74 Å². The van der Waals surface area contributed by atoms with Crippen LogP contribution in [0.3, 0.4) is 0 Å². The summed E-state index contributed by atoms with van der Waals surface area (Å²) in [6.45, 7) is 11.7. The molecule has 0 saturated carbocycles. The number of alkyl carbamates (subject to hydrolysis) is 1. The van der Waals surface area contributed by atoms with Gasteiger partial charge in [-0.3, -0.25) is 9.59 Å². The zero-order valence-corrected chi connectivity index (χ0v) is 21.8. The third-order valence-electron chi connectivity index (χ3n) is 4.67.